The van der Waals surface area contributed by atoms with Crippen molar-refractivity contribution in [2.24, 2.45) is 0 Å². The first-order chi connectivity index (χ1) is 18.8. The zero-order valence-corrected chi connectivity index (χ0v) is 23.1. The summed E-state index contributed by atoms with van der Waals surface area (Å²) < 4.78 is 17.2. The van der Waals surface area contributed by atoms with Gasteiger partial charge in [0.15, 0.2) is 0 Å². The highest BCUT2D eigenvalue weighted by molar-refractivity contribution is 6.51. The van der Waals surface area contributed by atoms with E-state index in [2.05, 4.69) is 0 Å². The minimum absolute atomic E-state index is 0.0109. The molecule has 4 rings (SSSR count). The summed E-state index contributed by atoms with van der Waals surface area (Å²) in [4.78, 5) is 28.6. The van der Waals surface area contributed by atoms with E-state index >= 15 is 0 Å². The molecular formula is C32H35NO6. The van der Waals surface area contributed by atoms with Crippen LogP contribution in [0.25, 0.3) is 5.76 Å². The molecule has 1 aliphatic rings. The van der Waals surface area contributed by atoms with Crippen LogP contribution in [0.4, 0.5) is 5.69 Å². The molecule has 7 nitrogen and oxygen atoms in total. The molecule has 0 spiro atoms. The molecule has 0 saturated carbocycles. The van der Waals surface area contributed by atoms with Gasteiger partial charge in [0.25, 0.3) is 11.7 Å². The van der Waals surface area contributed by atoms with Crippen molar-refractivity contribution in [3.63, 3.8) is 0 Å². The molecule has 1 unspecified atom stereocenters. The second-order valence-corrected chi connectivity index (χ2v) is 9.60. The Morgan fingerprint density at radius 3 is 2.41 bits per heavy atom. The molecule has 7 heteroatoms. The van der Waals surface area contributed by atoms with Gasteiger partial charge in [0.1, 0.15) is 23.0 Å². The molecule has 1 N–H and O–H groups in total. The van der Waals surface area contributed by atoms with Crippen LogP contribution >= 0.6 is 0 Å². The number of carbonyl (C=O) groups excluding carboxylic acids is 2. The fourth-order valence-electron chi connectivity index (χ4n) is 4.82. The summed E-state index contributed by atoms with van der Waals surface area (Å²) in [5.74, 6) is 0.136. The van der Waals surface area contributed by atoms with E-state index in [1.807, 2.05) is 45.9 Å². The number of nitrogens with zero attached hydrogens (tertiary/aromatic N) is 1. The van der Waals surface area contributed by atoms with Crippen LogP contribution < -0.4 is 19.1 Å². The van der Waals surface area contributed by atoms with Crippen LogP contribution in [-0.4, -0.2) is 37.1 Å². The lowest BCUT2D eigenvalue weighted by atomic mass is 9.92. The number of hydrogen-bond acceptors (Lipinski definition) is 6. The number of methoxy groups -OCH3 is 1. The summed E-state index contributed by atoms with van der Waals surface area (Å²) in [5, 5.41) is 11.6. The molecule has 3 aromatic carbocycles. The quantitative estimate of drug-likeness (QED) is 0.180. The SMILES string of the molecule is CCCOc1cccc(N2C(=O)C(=O)/C(=C(/O)c3ccc(OCC)c(C(C)C)c3)C2c2ccccc2OC)c1. The van der Waals surface area contributed by atoms with Gasteiger partial charge >= 0.3 is 0 Å². The molecule has 0 radical (unpaired) electrons. The number of rotatable bonds is 10. The van der Waals surface area contributed by atoms with Crippen molar-refractivity contribution < 1.29 is 28.9 Å². The van der Waals surface area contributed by atoms with E-state index in [-0.39, 0.29) is 17.3 Å². The lowest BCUT2D eigenvalue weighted by Crippen LogP contribution is -2.29. The summed E-state index contributed by atoms with van der Waals surface area (Å²) in [5.41, 5.74) is 2.37. The number of ether oxygens (including phenoxy) is 3. The Hall–Kier alpha value is -4.26. The van der Waals surface area contributed by atoms with Gasteiger partial charge in [0, 0.05) is 22.9 Å². The van der Waals surface area contributed by atoms with Gasteiger partial charge in [-0.1, -0.05) is 45.0 Å². The van der Waals surface area contributed by atoms with Crippen molar-refractivity contribution in [1.82, 2.24) is 0 Å². The van der Waals surface area contributed by atoms with Crippen LogP contribution in [0, 0.1) is 0 Å². The fraction of sp³-hybridized carbons (Fsp3) is 0.312. The van der Waals surface area contributed by atoms with Crippen LogP contribution in [0.5, 0.6) is 17.2 Å². The molecule has 0 aliphatic carbocycles. The molecule has 1 saturated heterocycles. The van der Waals surface area contributed by atoms with E-state index in [0.717, 1.165) is 17.7 Å². The standard InChI is InChI=1S/C32H35NO6/c1-6-17-39-23-12-10-11-22(19-23)33-29(24-13-8-9-14-26(24)37-5)28(31(35)32(33)36)30(34)21-15-16-27(38-7-2)25(18-21)20(3)4/h8-16,18-20,29,34H,6-7,17H2,1-5H3/b30-28+. The second kappa shape index (κ2) is 12.1. The van der Waals surface area contributed by atoms with Gasteiger partial charge in [-0.05, 0) is 61.2 Å². The van der Waals surface area contributed by atoms with E-state index in [1.54, 1.807) is 48.5 Å². The second-order valence-electron chi connectivity index (χ2n) is 9.60. The number of anilines is 1. The van der Waals surface area contributed by atoms with Crippen molar-refractivity contribution in [1.29, 1.82) is 0 Å². The highest BCUT2D eigenvalue weighted by Gasteiger charge is 2.48. The smallest absolute Gasteiger partial charge is 0.300 e. The molecule has 0 bridgehead atoms. The number of carbonyl (C=O) groups is 2. The summed E-state index contributed by atoms with van der Waals surface area (Å²) >= 11 is 0. The van der Waals surface area contributed by atoms with Crippen molar-refractivity contribution in [2.75, 3.05) is 25.2 Å². The molecule has 1 amide bonds. The van der Waals surface area contributed by atoms with Crippen molar-refractivity contribution in [3.8, 4) is 17.2 Å². The number of benzene rings is 3. The molecule has 1 atom stereocenters. The molecular weight excluding hydrogens is 494 g/mol. The summed E-state index contributed by atoms with van der Waals surface area (Å²) in [7, 11) is 1.53. The zero-order chi connectivity index (χ0) is 28.1. The van der Waals surface area contributed by atoms with Crippen molar-refractivity contribution in [2.45, 2.75) is 46.1 Å². The topological polar surface area (TPSA) is 85.3 Å². The van der Waals surface area contributed by atoms with Gasteiger partial charge in [0.2, 0.25) is 0 Å². The Kier molecular flexibility index (Phi) is 8.59. The lowest BCUT2D eigenvalue weighted by molar-refractivity contribution is -0.132. The largest absolute Gasteiger partial charge is 0.507 e. The maximum Gasteiger partial charge on any atom is 0.300 e. The number of hydrogen-bond donors (Lipinski definition) is 1. The maximum atomic E-state index is 13.6. The van der Waals surface area contributed by atoms with Gasteiger partial charge in [-0.3, -0.25) is 14.5 Å². The minimum Gasteiger partial charge on any atom is -0.507 e. The highest BCUT2D eigenvalue weighted by Crippen LogP contribution is 2.45. The van der Waals surface area contributed by atoms with Gasteiger partial charge in [-0.15, -0.1) is 0 Å². The van der Waals surface area contributed by atoms with Gasteiger partial charge in [-0.2, -0.15) is 0 Å². The molecule has 3 aromatic rings. The zero-order valence-electron chi connectivity index (χ0n) is 23.1. The molecule has 204 valence electrons. The third-order valence-corrected chi connectivity index (χ3v) is 6.65. The van der Waals surface area contributed by atoms with Crippen LogP contribution in [0.2, 0.25) is 0 Å². The Bertz CT molecular complexity index is 1390. The third kappa shape index (κ3) is 5.48. The average Bonchev–Trinajstić information content (AvgIpc) is 3.21. The van der Waals surface area contributed by atoms with Crippen LogP contribution in [0.15, 0.2) is 72.3 Å². The predicted molar refractivity (Wildman–Crippen MR) is 152 cm³/mol. The monoisotopic (exact) mass is 529 g/mol. The number of aliphatic hydroxyl groups excluding tert-OH is 1. The van der Waals surface area contributed by atoms with Gasteiger partial charge in [-0.25, -0.2) is 0 Å². The Balaban J connectivity index is 1.93. The van der Waals surface area contributed by atoms with E-state index in [9.17, 15) is 14.7 Å². The van der Waals surface area contributed by atoms with E-state index in [1.165, 1.54) is 12.0 Å². The van der Waals surface area contributed by atoms with E-state index in [4.69, 9.17) is 14.2 Å². The third-order valence-electron chi connectivity index (χ3n) is 6.65. The van der Waals surface area contributed by atoms with Crippen LogP contribution in [-0.2, 0) is 9.59 Å². The summed E-state index contributed by atoms with van der Waals surface area (Å²) in [6.45, 7) is 9.01. The Morgan fingerprint density at radius 1 is 0.949 bits per heavy atom. The van der Waals surface area contributed by atoms with E-state index in [0.29, 0.717) is 41.5 Å². The minimum atomic E-state index is -0.920. The van der Waals surface area contributed by atoms with Crippen LogP contribution in [0.3, 0.4) is 0 Å². The van der Waals surface area contributed by atoms with Gasteiger partial charge < -0.3 is 19.3 Å². The normalized spacial score (nSPS) is 16.6. The molecule has 1 heterocycles. The van der Waals surface area contributed by atoms with Crippen molar-refractivity contribution in [3.05, 3.63) is 89.0 Å². The Morgan fingerprint density at radius 2 is 1.72 bits per heavy atom. The number of amides is 1. The Labute approximate surface area is 229 Å². The number of para-hydroxylation sites is 1. The fourth-order valence-corrected chi connectivity index (χ4v) is 4.82. The number of ketones is 1. The first-order valence-electron chi connectivity index (χ1n) is 13.3. The molecule has 39 heavy (non-hydrogen) atoms. The average molecular weight is 530 g/mol. The van der Waals surface area contributed by atoms with Gasteiger partial charge in [0.05, 0.1) is 31.9 Å². The molecule has 1 fully saturated rings. The van der Waals surface area contributed by atoms with E-state index < -0.39 is 17.7 Å². The first-order valence-corrected chi connectivity index (χ1v) is 13.3. The predicted octanol–water partition coefficient (Wildman–Crippen LogP) is 6.63. The summed E-state index contributed by atoms with van der Waals surface area (Å²) in [6, 6.07) is 18.7. The molecule has 1 aliphatic heterocycles. The van der Waals surface area contributed by atoms with Crippen LogP contribution in [0.1, 0.15) is 62.8 Å². The summed E-state index contributed by atoms with van der Waals surface area (Å²) in [6.07, 6.45) is 0.830. The number of aliphatic hydroxyl groups is 1. The van der Waals surface area contributed by atoms with Crippen molar-refractivity contribution >= 4 is 23.1 Å². The maximum absolute atomic E-state index is 13.6. The first kappa shape index (κ1) is 27.8. The lowest BCUT2D eigenvalue weighted by Gasteiger charge is -2.27. The highest BCUT2D eigenvalue weighted by atomic mass is 16.5. The molecule has 0 aromatic heterocycles. The number of Topliss-reactive ketones (excluding diaryl/α,β-unsaturated/α-hetero) is 1.